The Balaban J connectivity index is 2.07. The first-order chi connectivity index (χ1) is 13.0. The first-order valence-corrected chi connectivity index (χ1v) is 8.52. The van der Waals surface area contributed by atoms with Crippen molar-refractivity contribution >= 4 is 23.3 Å². The predicted molar refractivity (Wildman–Crippen MR) is 104 cm³/mol. The summed E-state index contributed by atoms with van der Waals surface area (Å²) in [6, 6.07) is 10.3. The van der Waals surface area contributed by atoms with E-state index in [1.54, 1.807) is 51.5 Å². The van der Waals surface area contributed by atoms with Crippen LogP contribution in [0.3, 0.4) is 0 Å². The number of para-hydroxylation sites is 1. The molecule has 0 fully saturated rings. The highest BCUT2D eigenvalue weighted by Crippen LogP contribution is 2.32. The number of rotatable bonds is 8. The minimum atomic E-state index is -0.475. The molecule has 0 spiro atoms. The van der Waals surface area contributed by atoms with E-state index in [1.165, 1.54) is 0 Å². The summed E-state index contributed by atoms with van der Waals surface area (Å²) in [5, 5.41) is 5.80. The van der Waals surface area contributed by atoms with Crippen molar-refractivity contribution in [1.29, 1.82) is 0 Å². The maximum absolute atomic E-state index is 12.3. The third-order valence-electron chi connectivity index (χ3n) is 3.87. The Bertz CT molecular complexity index is 820. The lowest BCUT2D eigenvalue weighted by atomic mass is 10.1. The molecule has 0 aliphatic rings. The molecule has 2 N–H and O–H groups in total. The van der Waals surface area contributed by atoms with E-state index in [0.29, 0.717) is 22.7 Å². The van der Waals surface area contributed by atoms with Gasteiger partial charge in [0.15, 0.2) is 11.5 Å². The van der Waals surface area contributed by atoms with E-state index < -0.39 is 5.97 Å². The fourth-order valence-electron chi connectivity index (χ4n) is 2.52. The van der Waals surface area contributed by atoms with Crippen LogP contribution in [0.2, 0.25) is 0 Å². The zero-order chi connectivity index (χ0) is 19.8. The molecule has 2 aromatic rings. The van der Waals surface area contributed by atoms with Gasteiger partial charge in [0.1, 0.15) is 0 Å². The number of aryl methyl sites for hydroxylation is 1. The Hall–Kier alpha value is -3.22. The minimum Gasteiger partial charge on any atom is -0.493 e. The fourth-order valence-corrected chi connectivity index (χ4v) is 2.52. The third-order valence-corrected chi connectivity index (χ3v) is 3.87. The number of hydrogen-bond donors (Lipinski definition) is 2. The molecule has 0 atom stereocenters. The molecule has 0 heterocycles. The lowest BCUT2D eigenvalue weighted by molar-refractivity contribution is -0.114. The average Bonchev–Trinajstić information content (AvgIpc) is 2.67. The molecule has 27 heavy (non-hydrogen) atoms. The second kappa shape index (κ2) is 9.47. The first-order valence-electron chi connectivity index (χ1n) is 8.52. The van der Waals surface area contributed by atoms with Gasteiger partial charge in [0.05, 0.1) is 38.6 Å². The number of anilines is 2. The summed E-state index contributed by atoms with van der Waals surface area (Å²) in [5.41, 5.74) is 2.38. The van der Waals surface area contributed by atoms with E-state index in [9.17, 15) is 9.59 Å². The number of ether oxygens (including phenoxy) is 3. The van der Waals surface area contributed by atoms with Gasteiger partial charge in [-0.15, -0.1) is 0 Å². The summed E-state index contributed by atoms with van der Waals surface area (Å²) < 4.78 is 15.5. The molecular weight excluding hydrogens is 348 g/mol. The van der Waals surface area contributed by atoms with Crippen molar-refractivity contribution in [3.8, 4) is 11.5 Å². The molecule has 0 saturated carbocycles. The van der Waals surface area contributed by atoms with Crippen LogP contribution >= 0.6 is 0 Å². The molecule has 0 aromatic heterocycles. The van der Waals surface area contributed by atoms with Gasteiger partial charge < -0.3 is 24.8 Å². The summed E-state index contributed by atoms with van der Waals surface area (Å²) in [6.07, 6.45) is 0. The number of carbonyl (C=O) groups excluding carboxylic acids is 2. The van der Waals surface area contributed by atoms with Crippen LogP contribution in [0.4, 0.5) is 11.4 Å². The van der Waals surface area contributed by atoms with Crippen LogP contribution in [-0.2, 0) is 9.53 Å². The quantitative estimate of drug-likeness (QED) is 0.692. The highest BCUT2D eigenvalue weighted by atomic mass is 16.5. The highest BCUT2D eigenvalue weighted by molar-refractivity contribution is 6.02. The van der Waals surface area contributed by atoms with E-state index in [2.05, 4.69) is 10.6 Å². The molecular formula is C20H24N2O5. The predicted octanol–water partition coefficient (Wildman–Crippen LogP) is 3.24. The fraction of sp³-hybridized carbons (Fsp3) is 0.300. The molecule has 7 nitrogen and oxygen atoms in total. The number of hydrogen-bond acceptors (Lipinski definition) is 6. The highest BCUT2D eigenvalue weighted by Gasteiger charge is 2.14. The van der Waals surface area contributed by atoms with E-state index in [1.807, 2.05) is 13.0 Å². The first kappa shape index (κ1) is 20.1. The van der Waals surface area contributed by atoms with Gasteiger partial charge in [0.2, 0.25) is 5.91 Å². The maximum Gasteiger partial charge on any atom is 0.340 e. The van der Waals surface area contributed by atoms with Gasteiger partial charge in [-0.3, -0.25) is 4.79 Å². The van der Waals surface area contributed by atoms with Gasteiger partial charge in [-0.1, -0.05) is 12.1 Å². The topological polar surface area (TPSA) is 85.9 Å². The zero-order valence-corrected chi connectivity index (χ0v) is 15.9. The third kappa shape index (κ3) is 5.13. The number of carbonyl (C=O) groups is 2. The Kier molecular flexibility index (Phi) is 7.05. The van der Waals surface area contributed by atoms with Crippen LogP contribution in [0.25, 0.3) is 0 Å². The maximum atomic E-state index is 12.3. The summed E-state index contributed by atoms with van der Waals surface area (Å²) in [4.78, 5) is 24.3. The van der Waals surface area contributed by atoms with Crippen molar-refractivity contribution < 1.29 is 23.8 Å². The van der Waals surface area contributed by atoms with E-state index in [4.69, 9.17) is 14.2 Å². The van der Waals surface area contributed by atoms with Crippen LogP contribution in [0.1, 0.15) is 22.8 Å². The molecule has 2 aromatic carbocycles. The van der Waals surface area contributed by atoms with Crippen molar-refractivity contribution in [1.82, 2.24) is 0 Å². The van der Waals surface area contributed by atoms with Crippen molar-refractivity contribution in [2.24, 2.45) is 0 Å². The lowest BCUT2D eigenvalue weighted by Crippen LogP contribution is -2.23. The molecule has 0 saturated heterocycles. The summed E-state index contributed by atoms with van der Waals surface area (Å²) >= 11 is 0. The van der Waals surface area contributed by atoms with Gasteiger partial charge in [0.25, 0.3) is 0 Å². The van der Waals surface area contributed by atoms with Crippen LogP contribution in [-0.4, -0.2) is 39.2 Å². The van der Waals surface area contributed by atoms with Gasteiger partial charge in [0, 0.05) is 11.8 Å². The lowest BCUT2D eigenvalue weighted by Gasteiger charge is -2.15. The van der Waals surface area contributed by atoms with Crippen molar-refractivity contribution in [3.05, 3.63) is 47.5 Å². The molecule has 7 heteroatoms. The average molecular weight is 372 g/mol. The normalized spacial score (nSPS) is 10.1. The van der Waals surface area contributed by atoms with Gasteiger partial charge >= 0.3 is 5.97 Å². The van der Waals surface area contributed by atoms with Crippen LogP contribution in [0.5, 0.6) is 11.5 Å². The zero-order valence-electron chi connectivity index (χ0n) is 15.9. The summed E-state index contributed by atoms with van der Waals surface area (Å²) in [7, 11) is 3.12. The van der Waals surface area contributed by atoms with Crippen LogP contribution in [0, 0.1) is 6.92 Å². The Labute approximate surface area is 158 Å². The molecule has 0 aliphatic heterocycles. The van der Waals surface area contributed by atoms with Crippen molar-refractivity contribution in [2.75, 3.05) is 38.0 Å². The number of methoxy groups -OCH3 is 2. The molecule has 0 aliphatic carbocycles. The van der Waals surface area contributed by atoms with Gasteiger partial charge in [-0.2, -0.15) is 0 Å². The smallest absolute Gasteiger partial charge is 0.340 e. The minimum absolute atomic E-state index is 0.0213. The molecule has 0 radical (unpaired) electrons. The van der Waals surface area contributed by atoms with Crippen LogP contribution < -0.4 is 20.1 Å². The number of amides is 1. The molecule has 144 valence electrons. The number of esters is 1. The Morgan fingerprint density at radius 2 is 1.67 bits per heavy atom. The van der Waals surface area contributed by atoms with E-state index in [-0.39, 0.29) is 19.1 Å². The monoisotopic (exact) mass is 372 g/mol. The summed E-state index contributed by atoms with van der Waals surface area (Å²) in [5.74, 6) is 0.421. The van der Waals surface area contributed by atoms with Crippen LogP contribution in [0.15, 0.2) is 36.4 Å². The largest absolute Gasteiger partial charge is 0.493 e. The van der Waals surface area contributed by atoms with Crippen molar-refractivity contribution in [3.63, 3.8) is 0 Å². The molecule has 0 bridgehead atoms. The Morgan fingerprint density at radius 3 is 2.33 bits per heavy atom. The second-order valence-electron chi connectivity index (χ2n) is 5.69. The van der Waals surface area contributed by atoms with Crippen molar-refractivity contribution in [2.45, 2.75) is 13.8 Å². The Morgan fingerprint density at radius 1 is 1.00 bits per heavy atom. The van der Waals surface area contributed by atoms with E-state index in [0.717, 1.165) is 11.3 Å². The second-order valence-corrected chi connectivity index (χ2v) is 5.69. The summed E-state index contributed by atoms with van der Waals surface area (Å²) in [6.45, 7) is 3.92. The van der Waals surface area contributed by atoms with Gasteiger partial charge in [-0.05, 0) is 37.6 Å². The number of benzene rings is 2. The van der Waals surface area contributed by atoms with Gasteiger partial charge in [-0.25, -0.2) is 4.79 Å². The molecule has 1 amide bonds. The molecule has 0 unspecified atom stereocenters. The van der Waals surface area contributed by atoms with E-state index >= 15 is 0 Å². The SMILES string of the molecule is CCOC(=O)c1ccccc1NC(=O)CNc1cc(OC)c(OC)cc1C. The number of nitrogens with one attached hydrogen (secondary N) is 2. The molecule has 2 rings (SSSR count). The standard InChI is InChI=1S/C20H24N2O5/c1-5-27-20(24)14-8-6-7-9-15(14)22-19(23)12-21-16-11-18(26-4)17(25-3)10-13(16)2/h6-11,21H,5,12H2,1-4H3,(H,22,23).